The molecular formula is C19H23N5O2. The average molecular weight is 353 g/mol. The lowest BCUT2D eigenvalue weighted by Gasteiger charge is -2.27. The molecule has 136 valence electrons. The summed E-state index contributed by atoms with van der Waals surface area (Å²) >= 11 is 0. The summed E-state index contributed by atoms with van der Waals surface area (Å²) < 4.78 is 1.91. The molecule has 26 heavy (non-hydrogen) atoms. The van der Waals surface area contributed by atoms with E-state index in [2.05, 4.69) is 16.1 Å². The van der Waals surface area contributed by atoms with Gasteiger partial charge in [-0.1, -0.05) is 12.1 Å². The maximum atomic E-state index is 11.8. The van der Waals surface area contributed by atoms with Crippen LogP contribution in [-0.2, 0) is 24.4 Å². The molecule has 2 aromatic rings. The number of carbonyl (C=O) groups is 1. The van der Waals surface area contributed by atoms with E-state index < -0.39 is 6.10 Å². The van der Waals surface area contributed by atoms with Gasteiger partial charge in [-0.25, -0.2) is 0 Å². The van der Waals surface area contributed by atoms with Crippen LogP contribution in [0, 0.1) is 11.3 Å². The van der Waals surface area contributed by atoms with Crippen molar-refractivity contribution in [3.05, 3.63) is 52.8 Å². The number of amides is 1. The molecule has 0 bridgehead atoms. The number of hydrogen-bond donors (Lipinski definition) is 1. The third-order valence-electron chi connectivity index (χ3n) is 4.59. The SMILES string of the molecule is CN(C)C(=O)C[C@@H](O)c1cc2n(n1)CCN(Cc1ccc(C#N)cc1)C2. The average Bonchev–Trinajstić information content (AvgIpc) is 3.05. The summed E-state index contributed by atoms with van der Waals surface area (Å²) in [5, 5.41) is 23.6. The van der Waals surface area contributed by atoms with Crippen LogP contribution in [0.25, 0.3) is 0 Å². The highest BCUT2D eigenvalue weighted by Crippen LogP contribution is 2.22. The number of rotatable bonds is 5. The van der Waals surface area contributed by atoms with Gasteiger partial charge < -0.3 is 10.0 Å². The van der Waals surface area contributed by atoms with Crippen molar-refractivity contribution < 1.29 is 9.90 Å². The van der Waals surface area contributed by atoms with E-state index >= 15 is 0 Å². The molecule has 1 aliphatic heterocycles. The first kappa shape index (κ1) is 18.1. The minimum absolute atomic E-state index is 0.0401. The van der Waals surface area contributed by atoms with Crippen LogP contribution in [0.1, 0.15) is 35.0 Å². The fourth-order valence-electron chi connectivity index (χ4n) is 3.04. The largest absolute Gasteiger partial charge is 0.386 e. The number of aromatic nitrogens is 2. The van der Waals surface area contributed by atoms with Gasteiger partial charge in [0, 0.05) is 33.7 Å². The summed E-state index contributed by atoms with van der Waals surface area (Å²) in [6, 6.07) is 11.6. The van der Waals surface area contributed by atoms with Crippen molar-refractivity contribution in [3.8, 4) is 6.07 Å². The molecule has 1 aromatic carbocycles. The zero-order valence-electron chi connectivity index (χ0n) is 15.1. The summed E-state index contributed by atoms with van der Waals surface area (Å²) in [5.41, 5.74) is 3.41. The lowest BCUT2D eigenvalue weighted by atomic mass is 10.1. The van der Waals surface area contributed by atoms with Crippen LogP contribution < -0.4 is 0 Å². The minimum atomic E-state index is -0.880. The Morgan fingerprint density at radius 2 is 2.08 bits per heavy atom. The number of nitriles is 1. The predicted molar refractivity (Wildman–Crippen MR) is 95.8 cm³/mol. The van der Waals surface area contributed by atoms with Crippen LogP contribution in [0.2, 0.25) is 0 Å². The van der Waals surface area contributed by atoms with Gasteiger partial charge in [0.15, 0.2) is 0 Å². The van der Waals surface area contributed by atoms with E-state index in [0.717, 1.165) is 37.4 Å². The first-order chi connectivity index (χ1) is 12.5. The lowest BCUT2D eigenvalue weighted by molar-refractivity contribution is -0.130. The molecule has 1 aliphatic rings. The Bertz CT molecular complexity index is 819. The van der Waals surface area contributed by atoms with E-state index in [4.69, 9.17) is 5.26 Å². The van der Waals surface area contributed by atoms with E-state index in [-0.39, 0.29) is 12.3 Å². The first-order valence-electron chi connectivity index (χ1n) is 8.62. The van der Waals surface area contributed by atoms with Crippen molar-refractivity contribution in [1.29, 1.82) is 5.26 Å². The Morgan fingerprint density at radius 1 is 1.35 bits per heavy atom. The molecule has 0 aliphatic carbocycles. The van der Waals surface area contributed by atoms with Crippen molar-refractivity contribution in [2.24, 2.45) is 0 Å². The Balaban J connectivity index is 1.64. The highest BCUT2D eigenvalue weighted by atomic mass is 16.3. The Kier molecular flexibility index (Phi) is 5.35. The van der Waals surface area contributed by atoms with Gasteiger partial charge in [0.25, 0.3) is 0 Å². The van der Waals surface area contributed by atoms with E-state index in [1.165, 1.54) is 4.90 Å². The maximum absolute atomic E-state index is 11.8. The number of nitrogens with zero attached hydrogens (tertiary/aromatic N) is 5. The number of carbonyl (C=O) groups excluding carboxylic acids is 1. The minimum Gasteiger partial charge on any atom is -0.386 e. The Morgan fingerprint density at radius 3 is 2.73 bits per heavy atom. The van der Waals surface area contributed by atoms with Gasteiger partial charge in [0.1, 0.15) is 6.10 Å². The van der Waals surface area contributed by atoms with Gasteiger partial charge in [-0.3, -0.25) is 14.4 Å². The molecule has 3 rings (SSSR count). The van der Waals surface area contributed by atoms with Crippen molar-refractivity contribution in [3.63, 3.8) is 0 Å². The van der Waals surface area contributed by atoms with E-state index in [1.807, 2.05) is 35.0 Å². The van der Waals surface area contributed by atoms with Crippen LogP contribution >= 0.6 is 0 Å². The van der Waals surface area contributed by atoms with Gasteiger partial charge in [-0.15, -0.1) is 0 Å². The second kappa shape index (κ2) is 7.68. The summed E-state index contributed by atoms with van der Waals surface area (Å²) in [4.78, 5) is 15.5. The molecule has 2 heterocycles. The lowest BCUT2D eigenvalue weighted by Crippen LogP contribution is -2.33. The number of aliphatic hydroxyl groups is 1. The maximum Gasteiger partial charge on any atom is 0.225 e. The van der Waals surface area contributed by atoms with Gasteiger partial charge >= 0.3 is 0 Å². The molecule has 0 radical (unpaired) electrons. The zero-order chi connectivity index (χ0) is 18.7. The molecule has 0 fully saturated rings. The van der Waals surface area contributed by atoms with Crippen LogP contribution in [0.4, 0.5) is 0 Å². The normalized spacial score (nSPS) is 15.2. The van der Waals surface area contributed by atoms with Gasteiger partial charge in [0.05, 0.1) is 36.0 Å². The second-order valence-electron chi connectivity index (χ2n) is 6.81. The molecule has 7 nitrogen and oxygen atoms in total. The molecule has 0 saturated heterocycles. The first-order valence-corrected chi connectivity index (χ1v) is 8.62. The topological polar surface area (TPSA) is 85.4 Å². The zero-order valence-corrected chi connectivity index (χ0v) is 15.1. The number of benzene rings is 1. The molecule has 0 spiro atoms. The highest BCUT2D eigenvalue weighted by molar-refractivity contribution is 5.76. The number of hydrogen-bond acceptors (Lipinski definition) is 5. The van der Waals surface area contributed by atoms with Gasteiger partial charge in [0.2, 0.25) is 5.91 Å². The summed E-state index contributed by atoms with van der Waals surface area (Å²) in [7, 11) is 3.35. The number of fused-ring (bicyclic) bond motifs is 1. The molecule has 1 atom stereocenters. The number of aliphatic hydroxyl groups excluding tert-OH is 1. The van der Waals surface area contributed by atoms with Crippen molar-refractivity contribution in [1.82, 2.24) is 19.6 Å². The van der Waals surface area contributed by atoms with Crippen LogP contribution in [-0.4, -0.2) is 51.2 Å². The predicted octanol–water partition coefficient (Wildman–Crippen LogP) is 1.28. The molecular weight excluding hydrogens is 330 g/mol. The van der Waals surface area contributed by atoms with Gasteiger partial charge in [-0.2, -0.15) is 10.4 Å². The third kappa shape index (κ3) is 4.10. The van der Waals surface area contributed by atoms with Crippen LogP contribution in [0.15, 0.2) is 30.3 Å². The third-order valence-corrected chi connectivity index (χ3v) is 4.59. The molecule has 1 N–H and O–H groups in total. The standard InChI is InChI=1S/C19H23N5O2/c1-22(2)19(26)10-18(25)17-9-16-13-23(7-8-24(16)21-17)12-15-5-3-14(11-20)4-6-15/h3-6,9,18,25H,7-8,10,12-13H2,1-2H3/t18-/m1/s1. The fraction of sp³-hybridized carbons (Fsp3) is 0.421. The quantitative estimate of drug-likeness (QED) is 0.875. The Hall–Kier alpha value is -2.69. The smallest absolute Gasteiger partial charge is 0.225 e. The van der Waals surface area contributed by atoms with E-state index in [9.17, 15) is 9.90 Å². The van der Waals surface area contributed by atoms with Gasteiger partial charge in [-0.05, 0) is 23.8 Å². The fourth-order valence-corrected chi connectivity index (χ4v) is 3.04. The molecule has 0 unspecified atom stereocenters. The molecule has 1 amide bonds. The monoisotopic (exact) mass is 353 g/mol. The Labute approximate surface area is 153 Å². The summed E-state index contributed by atoms with van der Waals surface area (Å²) in [6.07, 6.45) is -0.840. The van der Waals surface area contributed by atoms with Crippen molar-refractivity contribution in [2.45, 2.75) is 32.2 Å². The molecule has 7 heteroatoms. The van der Waals surface area contributed by atoms with E-state index in [0.29, 0.717) is 11.3 Å². The molecule has 0 saturated carbocycles. The second-order valence-corrected chi connectivity index (χ2v) is 6.81. The van der Waals surface area contributed by atoms with E-state index in [1.54, 1.807) is 14.1 Å². The summed E-state index contributed by atoms with van der Waals surface area (Å²) in [6.45, 7) is 3.15. The van der Waals surface area contributed by atoms with Crippen molar-refractivity contribution >= 4 is 5.91 Å². The highest BCUT2D eigenvalue weighted by Gasteiger charge is 2.23. The summed E-state index contributed by atoms with van der Waals surface area (Å²) in [5.74, 6) is -0.120. The van der Waals surface area contributed by atoms with Crippen molar-refractivity contribution in [2.75, 3.05) is 20.6 Å². The van der Waals surface area contributed by atoms with Crippen LogP contribution in [0.5, 0.6) is 0 Å². The van der Waals surface area contributed by atoms with Crippen LogP contribution in [0.3, 0.4) is 0 Å². The molecule has 1 aromatic heterocycles.